The van der Waals surface area contributed by atoms with Crippen LogP contribution in [0.4, 0.5) is 19.1 Å². The Labute approximate surface area is 94.5 Å². The van der Waals surface area contributed by atoms with Crippen LogP contribution in [-0.2, 0) is 6.18 Å². The van der Waals surface area contributed by atoms with Gasteiger partial charge in [0.25, 0.3) is 0 Å². The quantitative estimate of drug-likeness (QED) is 0.881. The zero-order chi connectivity index (χ0) is 12.5. The topological polar surface area (TPSA) is 51.0 Å². The van der Waals surface area contributed by atoms with Crippen molar-refractivity contribution in [2.75, 3.05) is 12.4 Å². The third-order valence-corrected chi connectivity index (χ3v) is 2.06. The van der Waals surface area contributed by atoms with Crippen molar-refractivity contribution in [1.82, 2.24) is 9.97 Å². The van der Waals surface area contributed by atoms with Crippen LogP contribution < -0.4 is 5.32 Å². The minimum atomic E-state index is -4.51. The molecule has 0 aromatic carbocycles. The van der Waals surface area contributed by atoms with Crippen molar-refractivity contribution in [2.45, 2.75) is 6.18 Å². The van der Waals surface area contributed by atoms with Crippen LogP contribution >= 0.6 is 0 Å². The van der Waals surface area contributed by atoms with E-state index in [0.29, 0.717) is 5.56 Å². The molecular formula is C10H8F3N3O. The lowest BCUT2D eigenvalue weighted by atomic mass is 10.2. The number of alkyl halides is 3. The summed E-state index contributed by atoms with van der Waals surface area (Å²) in [6.45, 7) is 0. The van der Waals surface area contributed by atoms with Crippen LogP contribution in [0.15, 0.2) is 29.1 Å². The van der Waals surface area contributed by atoms with Gasteiger partial charge in [-0.1, -0.05) is 0 Å². The van der Waals surface area contributed by atoms with Crippen LogP contribution in [0, 0.1) is 0 Å². The molecule has 2 aromatic rings. The van der Waals surface area contributed by atoms with Gasteiger partial charge in [0.1, 0.15) is 0 Å². The lowest BCUT2D eigenvalue weighted by Crippen LogP contribution is -2.11. The largest absolute Gasteiger partial charge is 0.472 e. The molecule has 4 nitrogen and oxygen atoms in total. The van der Waals surface area contributed by atoms with Crippen LogP contribution in [0.2, 0.25) is 0 Å². The highest BCUT2D eigenvalue weighted by atomic mass is 19.4. The molecule has 90 valence electrons. The molecule has 7 heteroatoms. The van der Waals surface area contributed by atoms with E-state index >= 15 is 0 Å². The van der Waals surface area contributed by atoms with Crippen molar-refractivity contribution in [3.05, 3.63) is 30.4 Å². The molecule has 0 fully saturated rings. The van der Waals surface area contributed by atoms with Crippen molar-refractivity contribution in [1.29, 1.82) is 0 Å². The SMILES string of the molecule is CNc1nc(-c2ccoc2)cc(C(F)(F)F)n1. The van der Waals surface area contributed by atoms with Gasteiger partial charge in [0, 0.05) is 12.6 Å². The van der Waals surface area contributed by atoms with Gasteiger partial charge in [-0.25, -0.2) is 9.97 Å². The summed E-state index contributed by atoms with van der Waals surface area (Å²) in [5.41, 5.74) is -0.368. The van der Waals surface area contributed by atoms with E-state index in [4.69, 9.17) is 4.42 Å². The van der Waals surface area contributed by atoms with Crippen LogP contribution in [-0.4, -0.2) is 17.0 Å². The second-order valence-electron chi connectivity index (χ2n) is 3.22. The number of hydrogen-bond acceptors (Lipinski definition) is 4. The number of aromatic nitrogens is 2. The molecule has 0 bridgehead atoms. The lowest BCUT2D eigenvalue weighted by Gasteiger charge is -2.09. The Balaban J connectivity index is 2.54. The Kier molecular flexibility index (Phi) is 2.74. The first-order valence-corrected chi connectivity index (χ1v) is 4.67. The Morgan fingerprint density at radius 3 is 2.59 bits per heavy atom. The molecular weight excluding hydrogens is 235 g/mol. The number of hydrogen-bond donors (Lipinski definition) is 1. The average molecular weight is 243 g/mol. The monoisotopic (exact) mass is 243 g/mol. The number of nitrogens with zero attached hydrogens (tertiary/aromatic N) is 2. The van der Waals surface area contributed by atoms with Crippen molar-refractivity contribution in [2.24, 2.45) is 0 Å². The number of furan rings is 1. The molecule has 0 saturated carbocycles. The first-order valence-electron chi connectivity index (χ1n) is 4.67. The minimum absolute atomic E-state index is 0.0870. The summed E-state index contributed by atoms with van der Waals surface area (Å²) >= 11 is 0. The van der Waals surface area contributed by atoms with Crippen LogP contribution in [0.5, 0.6) is 0 Å². The smallest absolute Gasteiger partial charge is 0.433 e. The van der Waals surface area contributed by atoms with E-state index in [1.807, 2.05) is 0 Å². The van der Waals surface area contributed by atoms with Crippen molar-refractivity contribution in [3.8, 4) is 11.3 Å². The van der Waals surface area contributed by atoms with E-state index in [-0.39, 0.29) is 11.6 Å². The normalized spacial score (nSPS) is 11.5. The molecule has 2 heterocycles. The Bertz CT molecular complexity index is 508. The molecule has 0 aliphatic heterocycles. The fraction of sp³-hybridized carbons (Fsp3) is 0.200. The van der Waals surface area contributed by atoms with Gasteiger partial charge < -0.3 is 9.73 Å². The number of rotatable bonds is 2. The Morgan fingerprint density at radius 2 is 2.06 bits per heavy atom. The maximum atomic E-state index is 12.6. The summed E-state index contributed by atoms with van der Waals surface area (Å²) in [5.74, 6) is -0.0870. The second-order valence-corrected chi connectivity index (χ2v) is 3.22. The van der Waals surface area contributed by atoms with Crippen molar-refractivity contribution in [3.63, 3.8) is 0 Å². The highest BCUT2D eigenvalue weighted by molar-refractivity contribution is 5.59. The zero-order valence-corrected chi connectivity index (χ0v) is 8.75. The summed E-state index contributed by atoms with van der Waals surface area (Å²) in [6, 6.07) is 2.41. The Hall–Kier alpha value is -2.05. The molecule has 0 amide bonds. The van der Waals surface area contributed by atoms with Gasteiger partial charge in [-0.05, 0) is 12.1 Å². The van der Waals surface area contributed by atoms with Gasteiger partial charge in [-0.3, -0.25) is 0 Å². The molecule has 0 aliphatic rings. The molecule has 0 aliphatic carbocycles. The highest BCUT2D eigenvalue weighted by Crippen LogP contribution is 2.31. The summed E-state index contributed by atoms with van der Waals surface area (Å²) in [5, 5.41) is 2.49. The fourth-order valence-electron chi connectivity index (χ4n) is 1.26. The molecule has 0 unspecified atom stereocenters. The summed E-state index contributed by atoms with van der Waals surface area (Å²) < 4.78 is 42.6. The molecule has 0 spiro atoms. The molecule has 1 N–H and O–H groups in total. The van der Waals surface area contributed by atoms with Crippen LogP contribution in [0.25, 0.3) is 11.3 Å². The standard InChI is InChI=1S/C10H8F3N3O/c1-14-9-15-7(6-2-3-17-5-6)4-8(16-9)10(11,12)13/h2-5H,1H3,(H,14,15,16). The van der Waals surface area contributed by atoms with Gasteiger partial charge in [0.2, 0.25) is 5.95 Å². The van der Waals surface area contributed by atoms with E-state index in [9.17, 15) is 13.2 Å². The van der Waals surface area contributed by atoms with Gasteiger partial charge in [0.15, 0.2) is 5.69 Å². The van der Waals surface area contributed by atoms with E-state index in [1.54, 1.807) is 0 Å². The number of nitrogens with one attached hydrogen (secondary N) is 1. The minimum Gasteiger partial charge on any atom is -0.472 e. The van der Waals surface area contributed by atoms with Crippen LogP contribution in [0.1, 0.15) is 5.69 Å². The molecule has 17 heavy (non-hydrogen) atoms. The molecule has 0 radical (unpaired) electrons. The third-order valence-electron chi connectivity index (χ3n) is 2.06. The van der Waals surface area contributed by atoms with E-state index in [1.165, 1.54) is 25.6 Å². The molecule has 0 saturated heterocycles. The van der Waals surface area contributed by atoms with Crippen molar-refractivity contribution >= 4 is 5.95 Å². The van der Waals surface area contributed by atoms with E-state index in [0.717, 1.165) is 6.07 Å². The maximum Gasteiger partial charge on any atom is 0.433 e. The summed E-state index contributed by atoms with van der Waals surface area (Å²) in [7, 11) is 1.45. The summed E-state index contributed by atoms with van der Waals surface area (Å²) in [4.78, 5) is 7.28. The van der Waals surface area contributed by atoms with Gasteiger partial charge in [0.05, 0.1) is 18.2 Å². The van der Waals surface area contributed by atoms with E-state index in [2.05, 4.69) is 15.3 Å². The number of anilines is 1. The third kappa shape index (κ3) is 2.38. The predicted molar refractivity (Wildman–Crippen MR) is 54.3 cm³/mol. The average Bonchev–Trinajstić information content (AvgIpc) is 2.80. The Morgan fingerprint density at radius 1 is 1.29 bits per heavy atom. The van der Waals surface area contributed by atoms with Gasteiger partial charge in [-0.15, -0.1) is 0 Å². The fourth-order valence-corrected chi connectivity index (χ4v) is 1.26. The lowest BCUT2D eigenvalue weighted by molar-refractivity contribution is -0.141. The number of halogens is 3. The second kappa shape index (κ2) is 4.08. The molecule has 2 rings (SSSR count). The summed E-state index contributed by atoms with van der Waals surface area (Å²) in [6.07, 6.45) is -1.82. The first-order chi connectivity index (χ1) is 8.00. The van der Waals surface area contributed by atoms with Crippen molar-refractivity contribution < 1.29 is 17.6 Å². The maximum absolute atomic E-state index is 12.6. The molecule has 2 aromatic heterocycles. The highest BCUT2D eigenvalue weighted by Gasteiger charge is 2.33. The van der Waals surface area contributed by atoms with Crippen LogP contribution in [0.3, 0.4) is 0 Å². The molecule has 0 atom stereocenters. The van der Waals surface area contributed by atoms with Gasteiger partial charge in [-0.2, -0.15) is 13.2 Å². The van der Waals surface area contributed by atoms with E-state index < -0.39 is 11.9 Å². The zero-order valence-electron chi connectivity index (χ0n) is 8.75. The predicted octanol–water partition coefficient (Wildman–Crippen LogP) is 2.80. The van der Waals surface area contributed by atoms with Gasteiger partial charge >= 0.3 is 6.18 Å². The first kappa shape index (κ1) is 11.4.